The van der Waals surface area contributed by atoms with Crippen LogP contribution in [0.2, 0.25) is 0 Å². The summed E-state index contributed by atoms with van der Waals surface area (Å²) in [6.07, 6.45) is 2.87. The minimum Gasteiger partial charge on any atom is -0.497 e. The molecule has 0 spiro atoms. The minimum atomic E-state index is 0.620. The average Bonchev–Trinajstić information content (AvgIpc) is 3.03. The Hall–Kier alpha value is -1.50. The number of fused-ring (bicyclic) bond motifs is 1. The Labute approximate surface area is 125 Å². The van der Waals surface area contributed by atoms with Crippen LogP contribution in [0.4, 0.5) is 0 Å². The molecule has 0 unspecified atom stereocenters. The first-order chi connectivity index (χ1) is 9.81. The van der Waals surface area contributed by atoms with Crippen molar-refractivity contribution >= 4 is 28.1 Å². The van der Waals surface area contributed by atoms with Crippen molar-refractivity contribution in [1.82, 2.24) is 9.38 Å². The van der Waals surface area contributed by atoms with E-state index in [1.165, 1.54) is 5.69 Å². The van der Waals surface area contributed by atoms with Crippen LogP contribution in [0, 0.1) is 0 Å². The van der Waals surface area contributed by atoms with Gasteiger partial charge in [-0.25, -0.2) is 4.98 Å². The number of thiazole rings is 1. The fourth-order valence-electron chi connectivity index (χ4n) is 2.03. The Morgan fingerprint density at radius 3 is 3.15 bits per heavy atom. The lowest BCUT2D eigenvalue weighted by atomic mass is 10.3. The van der Waals surface area contributed by atoms with E-state index in [0.29, 0.717) is 6.54 Å². The molecular weight excluding hydrogens is 290 g/mol. The van der Waals surface area contributed by atoms with E-state index in [9.17, 15) is 0 Å². The van der Waals surface area contributed by atoms with Crippen LogP contribution >= 0.6 is 23.1 Å². The maximum Gasteiger partial charge on any atom is 0.194 e. The number of hydrogen-bond acceptors (Lipinski definition) is 5. The standard InChI is InChI=1S/C14H15N3OS2/c1-18-10-3-2-4-11(9-10)20-13-12(5-6-15)17-7-8-19-14(17)16-13/h2-4,7-9H,5-6,15H2,1H3. The maximum absolute atomic E-state index is 5.72. The highest BCUT2D eigenvalue weighted by Crippen LogP contribution is 2.33. The van der Waals surface area contributed by atoms with Gasteiger partial charge in [0, 0.05) is 22.9 Å². The van der Waals surface area contributed by atoms with Crippen molar-refractivity contribution in [1.29, 1.82) is 0 Å². The summed E-state index contributed by atoms with van der Waals surface area (Å²) < 4.78 is 7.38. The van der Waals surface area contributed by atoms with Crippen LogP contribution in [0.15, 0.2) is 45.8 Å². The highest BCUT2D eigenvalue weighted by Gasteiger charge is 2.13. The van der Waals surface area contributed by atoms with Gasteiger partial charge in [0.1, 0.15) is 10.8 Å². The second-order valence-electron chi connectivity index (χ2n) is 4.24. The van der Waals surface area contributed by atoms with E-state index in [-0.39, 0.29) is 0 Å². The van der Waals surface area contributed by atoms with Crippen LogP contribution in [-0.4, -0.2) is 23.0 Å². The summed E-state index contributed by atoms with van der Waals surface area (Å²) >= 11 is 3.29. The first-order valence-corrected chi connectivity index (χ1v) is 7.98. The number of rotatable bonds is 5. The van der Waals surface area contributed by atoms with E-state index >= 15 is 0 Å². The molecule has 20 heavy (non-hydrogen) atoms. The molecular formula is C14H15N3OS2. The first-order valence-electron chi connectivity index (χ1n) is 6.28. The fraction of sp³-hybridized carbons (Fsp3) is 0.214. The minimum absolute atomic E-state index is 0.620. The Bertz CT molecular complexity index is 720. The predicted molar refractivity (Wildman–Crippen MR) is 82.9 cm³/mol. The molecule has 6 heteroatoms. The lowest BCUT2D eigenvalue weighted by Crippen LogP contribution is -2.05. The molecule has 2 N–H and O–H groups in total. The molecule has 0 aliphatic heterocycles. The van der Waals surface area contributed by atoms with Crippen molar-refractivity contribution in [3.05, 3.63) is 41.5 Å². The Morgan fingerprint density at radius 1 is 1.45 bits per heavy atom. The van der Waals surface area contributed by atoms with Crippen LogP contribution in [0.25, 0.3) is 4.96 Å². The van der Waals surface area contributed by atoms with Crippen molar-refractivity contribution in [2.24, 2.45) is 5.73 Å². The molecule has 0 aliphatic carbocycles. The van der Waals surface area contributed by atoms with Crippen molar-refractivity contribution in [2.75, 3.05) is 13.7 Å². The molecule has 0 amide bonds. The molecule has 0 radical (unpaired) electrons. The van der Waals surface area contributed by atoms with E-state index in [2.05, 4.69) is 10.5 Å². The van der Waals surface area contributed by atoms with Gasteiger partial charge in [-0.1, -0.05) is 17.8 Å². The van der Waals surface area contributed by atoms with E-state index in [1.807, 2.05) is 29.8 Å². The van der Waals surface area contributed by atoms with Gasteiger partial charge in [0.15, 0.2) is 4.96 Å². The first kappa shape index (κ1) is 13.5. The SMILES string of the molecule is COc1cccc(Sc2nc3sccn3c2CCN)c1. The normalized spacial score (nSPS) is 11.1. The molecule has 0 saturated heterocycles. The molecule has 0 bridgehead atoms. The number of benzene rings is 1. The van der Waals surface area contributed by atoms with Gasteiger partial charge in [-0.15, -0.1) is 11.3 Å². The fourth-order valence-corrected chi connectivity index (χ4v) is 3.82. The Morgan fingerprint density at radius 2 is 2.35 bits per heavy atom. The smallest absolute Gasteiger partial charge is 0.194 e. The second kappa shape index (κ2) is 5.87. The summed E-state index contributed by atoms with van der Waals surface area (Å²) in [6.45, 7) is 0.620. The summed E-state index contributed by atoms with van der Waals surface area (Å²) in [4.78, 5) is 6.82. The third kappa shape index (κ3) is 2.54. The van der Waals surface area contributed by atoms with Gasteiger partial charge >= 0.3 is 0 Å². The summed E-state index contributed by atoms with van der Waals surface area (Å²) in [7, 11) is 1.68. The quantitative estimate of drug-likeness (QED) is 0.787. The van der Waals surface area contributed by atoms with Crippen molar-refractivity contribution < 1.29 is 4.74 Å². The van der Waals surface area contributed by atoms with E-state index < -0.39 is 0 Å². The number of hydrogen-bond donors (Lipinski definition) is 1. The molecule has 0 fully saturated rings. The molecule has 3 aromatic rings. The van der Waals surface area contributed by atoms with Gasteiger partial charge < -0.3 is 10.5 Å². The Kier molecular flexibility index (Phi) is 3.95. The predicted octanol–water partition coefficient (Wildman–Crippen LogP) is 3.06. The summed E-state index contributed by atoms with van der Waals surface area (Å²) in [5, 5.41) is 3.07. The van der Waals surface area contributed by atoms with E-state index in [1.54, 1.807) is 30.2 Å². The van der Waals surface area contributed by atoms with Gasteiger partial charge in [-0.05, 0) is 24.7 Å². The highest BCUT2D eigenvalue weighted by atomic mass is 32.2. The summed E-state index contributed by atoms with van der Waals surface area (Å²) in [6, 6.07) is 8.01. The van der Waals surface area contributed by atoms with Crippen molar-refractivity contribution in [3.8, 4) is 5.75 Å². The summed E-state index contributed by atoms with van der Waals surface area (Å²) in [5.74, 6) is 0.858. The van der Waals surface area contributed by atoms with Crippen molar-refractivity contribution in [2.45, 2.75) is 16.3 Å². The number of imidazole rings is 1. The molecule has 4 nitrogen and oxygen atoms in total. The molecule has 0 saturated carbocycles. The van der Waals surface area contributed by atoms with Crippen LogP contribution in [0.5, 0.6) is 5.75 Å². The lowest BCUT2D eigenvalue weighted by Gasteiger charge is -2.04. The Balaban J connectivity index is 1.96. The number of methoxy groups -OCH3 is 1. The average molecular weight is 305 g/mol. The van der Waals surface area contributed by atoms with Crippen molar-refractivity contribution in [3.63, 3.8) is 0 Å². The van der Waals surface area contributed by atoms with E-state index in [4.69, 9.17) is 15.5 Å². The van der Waals surface area contributed by atoms with Gasteiger partial charge in [0.05, 0.1) is 12.8 Å². The summed E-state index contributed by atoms with van der Waals surface area (Å²) in [5.41, 5.74) is 6.90. The second-order valence-corrected chi connectivity index (χ2v) is 6.17. The van der Waals surface area contributed by atoms with Crippen LogP contribution in [0.3, 0.4) is 0 Å². The van der Waals surface area contributed by atoms with Gasteiger partial charge in [0.25, 0.3) is 0 Å². The third-order valence-corrected chi connectivity index (χ3v) is 4.73. The zero-order chi connectivity index (χ0) is 13.9. The van der Waals surface area contributed by atoms with Crippen LogP contribution in [0.1, 0.15) is 5.69 Å². The van der Waals surface area contributed by atoms with Gasteiger partial charge in [0.2, 0.25) is 0 Å². The number of nitrogens with zero attached hydrogens (tertiary/aromatic N) is 2. The van der Waals surface area contributed by atoms with Crippen LogP contribution in [-0.2, 0) is 6.42 Å². The molecule has 1 aromatic carbocycles. The molecule has 0 aliphatic rings. The third-order valence-electron chi connectivity index (χ3n) is 2.96. The van der Waals surface area contributed by atoms with Crippen LogP contribution < -0.4 is 10.5 Å². The zero-order valence-electron chi connectivity index (χ0n) is 11.1. The maximum atomic E-state index is 5.72. The molecule has 104 valence electrons. The lowest BCUT2D eigenvalue weighted by molar-refractivity contribution is 0.413. The van der Waals surface area contributed by atoms with Gasteiger partial charge in [-0.3, -0.25) is 4.40 Å². The molecule has 3 rings (SSSR count). The number of nitrogens with two attached hydrogens (primary N) is 1. The van der Waals surface area contributed by atoms with Gasteiger partial charge in [-0.2, -0.15) is 0 Å². The molecule has 2 heterocycles. The largest absolute Gasteiger partial charge is 0.497 e. The monoisotopic (exact) mass is 305 g/mol. The van der Waals surface area contributed by atoms with E-state index in [0.717, 1.165) is 27.1 Å². The topological polar surface area (TPSA) is 52.5 Å². The molecule has 2 aromatic heterocycles. The number of aromatic nitrogens is 2. The highest BCUT2D eigenvalue weighted by molar-refractivity contribution is 7.99. The zero-order valence-corrected chi connectivity index (χ0v) is 12.7. The number of ether oxygens (including phenoxy) is 1. The molecule has 0 atom stereocenters.